The largest absolute Gasteiger partial charge is 0.302 e. The van der Waals surface area contributed by atoms with Crippen molar-refractivity contribution in [3.8, 4) is 0 Å². The molecule has 0 aliphatic rings. The van der Waals surface area contributed by atoms with Crippen LogP contribution in [0.25, 0.3) is 0 Å². The van der Waals surface area contributed by atoms with E-state index in [1.165, 1.54) is 0 Å². The van der Waals surface area contributed by atoms with Gasteiger partial charge in [-0.2, -0.15) is 13.5 Å². The van der Waals surface area contributed by atoms with Gasteiger partial charge in [-0.25, -0.2) is 0 Å². The van der Waals surface area contributed by atoms with Crippen molar-refractivity contribution in [3.63, 3.8) is 0 Å². The molecule has 0 saturated carbocycles. The maximum absolute atomic E-state index is 12.3. The summed E-state index contributed by atoms with van der Waals surface area (Å²) in [6, 6.07) is 1.85. The molecule has 0 amide bonds. The van der Waals surface area contributed by atoms with Crippen molar-refractivity contribution < 1.29 is 12.3 Å². The molecule has 4 nitrogen and oxygen atoms in total. The number of hydrogen-bond donors (Lipinski definition) is 0. The van der Waals surface area contributed by atoms with Crippen LogP contribution in [0.15, 0.2) is 12.3 Å². The fourth-order valence-electron chi connectivity index (χ4n) is 1.23. The molecular formula is C8H13FN2O2S. The molecule has 14 heavy (non-hydrogen) atoms. The van der Waals surface area contributed by atoms with E-state index in [4.69, 9.17) is 0 Å². The van der Waals surface area contributed by atoms with Crippen molar-refractivity contribution in [1.29, 1.82) is 0 Å². The first kappa shape index (κ1) is 11.2. The van der Waals surface area contributed by atoms with E-state index in [0.29, 0.717) is 0 Å². The van der Waals surface area contributed by atoms with E-state index < -0.39 is 16.0 Å². The highest BCUT2D eigenvalue weighted by atomic mass is 32.3. The zero-order chi connectivity index (χ0) is 10.8. The molecule has 0 N–H and O–H groups in total. The number of rotatable bonds is 4. The van der Waals surface area contributed by atoms with Gasteiger partial charge in [-0.05, 0) is 19.9 Å². The Labute approximate surface area is 82.9 Å². The summed E-state index contributed by atoms with van der Waals surface area (Å²) in [5, 5.41) is 4.02. The van der Waals surface area contributed by atoms with Gasteiger partial charge in [-0.15, -0.1) is 3.89 Å². The lowest BCUT2D eigenvalue weighted by Crippen LogP contribution is -2.11. The van der Waals surface area contributed by atoms with Crippen molar-refractivity contribution in [2.24, 2.45) is 0 Å². The van der Waals surface area contributed by atoms with Crippen LogP contribution in [0.3, 0.4) is 0 Å². The van der Waals surface area contributed by atoms with Gasteiger partial charge >= 0.3 is 10.2 Å². The Morgan fingerprint density at radius 1 is 1.57 bits per heavy atom. The van der Waals surface area contributed by atoms with Crippen LogP contribution in [-0.4, -0.2) is 24.0 Å². The molecule has 0 spiro atoms. The Morgan fingerprint density at radius 3 is 2.71 bits per heavy atom. The molecule has 0 saturated heterocycles. The van der Waals surface area contributed by atoms with Crippen LogP contribution in [0, 0.1) is 0 Å². The van der Waals surface area contributed by atoms with Crippen molar-refractivity contribution in [1.82, 2.24) is 9.78 Å². The van der Waals surface area contributed by atoms with Gasteiger partial charge in [0.05, 0.1) is 5.75 Å². The minimum Gasteiger partial charge on any atom is -0.267 e. The molecule has 0 bridgehead atoms. The zero-order valence-corrected chi connectivity index (χ0v) is 8.96. The SMILES string of the molecule is CC(C)n1nccc1CCS(=O)(=O)F. The minimum atomic E-state index is -4.38. The monoisotopic (exact) mass is 220 g/mol. The third kappa shape index (κ3) is 3.10. The van der Waals surface area contributed by atoms with Gasteiger partial charge in [-0.1, -0.05) is 0 Å². The van der Waals surface area contributed by atoms with Crippen molar-refractivity contribution in [2.75, 3.05) is 5.75 Å². The maximum Gasteiger partial charge on any atom is 0.302 e. The number of nitrogens with zero attached hydrogens (tertiary/aromatic N) is 2. The van der Waals surface area contributed by atoms with Gasteiger partial charge < -0.3 is 0 Å². The number of hydrogen-bond acceptors (Lipinski definition) is 3. The molecule has 0 aliphatic heterocycles. The van der Waals surface area contributed by atoms with Gasteiger partial charge in [0, 0.05) is 24.4 Å². The summed E-state index contributed by atoms with van der Waals surface area (Å²) in [5.41, 5.74) is 0.737. The quantitative estimate of drug-likeness (QED) is 0.719. The van der Waals surface area contributed by atoms with Gasteiger partial charge in [0.15, 0.2) is 0 Å². The molecule has 1 aromatic rings. The average molecular weight is 220 g/mol. The first-order chi connectivity index (χ1) is 6.40. The smallest absolute Gasteiger partial charge is 0.267 e. The summed E-state index contributed by atoms with van der Waals surface area (Å²) in [6.45, 7) is 3.86. The van der Waals surface area contributed by atoms with Gasteiger partial charge in [0.1, 0.15) is 0 Å². The predicted molar refractivity (Wildman–Crippen MR) is 51.2 cm³/mol. The van der Waals surface area contributed by atoms with E-state index in [9.17, 15) is 12.3 Å². The molecule has 1 rings (SSSR count). The third-order valence-corrected chi connectivity index (χ3v) is 2.54. The summed E-state index contributed by atoms with van der Waals surface area (Å²) < 4.78 is 34.6. The van der Waals surface area contributed by atoms with E-state index in [0.717, 1.165) is 5.69 Å². The first-order valence-corrected chi connectivity index (χ1v) is 5.90. The van der Waals surface area contributed by atoms with Crippen LogP contribution in [0.5, 0.6) is 0 Å². The fourth-order valence-corrected chi connectivity index (χ4v) is 1.68. The Kier molecular flexibility index (Phi) is 3.25. The lowest BCUT2D eigenvalue weighted by molar-refractivity contribution is 0.508. The number of aryl methyl sites for hydroxylation is 1. The van der Waals surface area contributed by atoms with E-state index in [1.807, 2.05) is 13.8 Å². The highest BCUT2D eigenvalue weighted by molar-refractivity contribution is 7.86. The fraction of sp³-hybridized carbons (Fsp3) is 0.625. The first-order valence-electron chi connectivity index (χ1n) is 4.35. The topological polar surface area (TPSA) is 52.0 Å². The van der Waals surface area contributed by atoms with E-state index in [-0.39, 0.29) is 12.5 Å². The molecule has 0 unspecified atom stereocenters. The summed E-state index contributed by atoms with van der Waals surface area (Å²) in [5.74, 6) is -0.481. The molecule has 1 heterocycles. The number of aromatic nitrogens is 2. The maximum atomic E-state index is 12.3. The van der Waals surface area contributed by atoms with Crippen LogP contribution in [0.1, 0.15) is 25.6 Å². The molecule has 0 atom stereocenters. The van der Waals surface area contributed by atoms with Crippen LogP contribution in [0.2, 0.25) is 0 Å². The van der Waals surface area contributed by atoms with E-state index in [1.54, 1.807) is 16.9 Å². The summed E-state index contributed by atoms with van der Waals surface area (Å²) in [4.78, 5) is 0. The summed E-state index contributed by atoms with van der Waals surface area (Å²) in [7, 11) is -4.38. The molecular weight excluding hydrogens is 207 g/mol. The van der Waals surface area contributed by atoms with Gasteiger partial charge in [-0.3, -0.25) is 4.68 Å². The molecule has 0 fully saturated rings. The van der Waals surface area contributed by atoms with E-state index in [2.05, 4.69) is 5.10 Å². The summed E-state index contributed by atoms with van der Waals surface area (Å²) >= 11 is 0. The highest BCUT2D eigenvalue weighted by Gasteiger charge is 2.11. The Morgan fingerprint density at radius 2 is 2.21 bits per heavy atom. The lowest BCUT2D eigenvalue weighted by atomic mass is 10.3. The second kappa shape index (κ2) is 4.08. The Hall–Kier alpha value is -0.910. The van der Waals surface area contributed by atoms with Crippen LogP contribution >= 0.6 is 0 Å². The average Bonchev–Trinajstić information content (AvgIpc) is 2.46. The highest BCUT2D eigenvalue weighted by Crippen LogP contribution is 2.09. The second-order valence-electron chi connectivity index (χ2n) is 3.35. The van der Waals surface area contributed by atoms with Crippen molar-refractivity contribution in [3.05, 3.63) is 18.0 Å². The molecule has 1 aromatic heterocycles. The van der Waals surface area contributed by atoms with Crippen molar-refractivity contribution >= 4 is 10.2 Å². The zero-order valence-electron chi connectivity index (χ0n) is 8.14. The molecule has 80 valence electrons. The lowest BCUT2D eigenvalue weighted by Gasteiger charge is -2.09. The van der Waals surface area contributed by atoms with Crippen LogP contribution in [-0.2, 0) is 16.6 Å². The predicted octanol–water partition coefficient (Wildman–Crippen LogP) is 1.31. The molecule has 6 heteroatoms. The molecule has 0 aromatic carbocycles. The third-order valence-electron chi connectivity index (χ3n) is 1.84. The second-order valence-corrected chi connectivity index (χ2v) is 4.84. The van der Waals surface area contributed by atoms with Crippen LogP contribution < -0.4 is 0 Å². The Bertz CT molecular complexity index is 397. The summed E-state index contributed by atoms with van der Waals surface area (Å²) in [6.07, 6.45) is 1.75. The number of halogens is 1. The molecule has 0 aliphatic carbocycles. The Balaban J connectivity index is 2.72. The van der Waals surface area contributed by atoms with Crippen molar-refractivity contribution in [2.45, 2.75) is 26.3 Å². The molecule has 0 radical (unpaired) electrons. The normalized spacial score (nSPS) is 12.3. The van der Waals surface area contributed by atoms with Gasteiger partial charge in [0.25, 0.3) is 0 Å². The van der Waals surface area contributed by atoms with E-state index >= 15 is 0 Å². The minimum absolute atomic E-state index is 0.155. The standard InChI is InChI=1S/C8H13FN2O2S/c1-7(2)11-8(3-5-10-11)4-6-14(9,12)13/h3,5,7H,4,6H2,1-2H3. The van der Waals surface area contributed by atoms with Gasteiger partial charge in [0.2, 0.25) is 0 Å². The van der Waals surface area contributed by atoms with Crippen LogP contribution in [0.4, 0.5) is 3.89 Å².